The summed E-state index contributed by atoms with van der Waals surface area (Å²) in [6, 6.07) is 59.7. The van der Waals surface area contributed by atoms with Crippen LogP contribution in [0.25, 0.3) is 78.1 Å². The SMILES string of the molecule is CN(c1ccc(-c2nc(-c3ccccc3)cc(-c3ccccc3)n2)cc1)c1ccccc1-c1ccc2c(c1)-c1ccc3oc4ccccc4c3c1C2(C)C. The second kappa shape index (κ2) is 12.4. The molecule has 0 fully saturated rings. The van der Waals surface area contributed by atoms with Gasteiger partial charge in [0.15, 0.2) is 5.82 Å². The van der Waals surface area contributed by atoms with Gasteiger partial charge in [-0.25, -0.2) is 9.97 Å². The van der Waals surface area contributed by atoms with Crippen LogP contribution in [0.4, 0.5) is 11.4 Å². The lowest BCUT2D eigenvalue weighted by Crippen LogP contribution is -2.15. The van der Waals surface area contributed by atoms with Crippen LogP contribution in [0.5, 0.6) is 0 Å². The summed E-state index contributed by atoms with van der Waals surface area (Å²) in [7, 11) is 2.14. The van der Waals surface area contributed by atoms with E-state index in [1.807, 2.05) is 42.5 Å². The minimum atomic E-state index is -0.167. The van der Waals surface area contributed by atoms with Crippen LogP contribution in [0.1, 0.15) is 25.0 Å². The number of hydrogen-bond donors (Lipinski definition) is 0. The number of nitrogens with zero attached hydrogens (tertiary/aromatic N) is 3. The van der Waals surface area contributed by atoms with Gasteiger partial charge in [0.25, 0.3) is 0 Å². The predicted molar refractivity (Wildman–Crippen MR) is 223 cm³/mol. The molecule has 0 spiro atoms. The Morgan fingerprint density at radius 1 is 0.500 bits per heavy atom. The number of benzene rings is 7. The molecule has 0 unspecified atom stereocenters. The quantitative estimate of drug-likeness (QED) is 0.174. The zero-order valence-electron chi connectivity index (χ0n) is 30.4. The summed E-state index contributed by atoms with van der Waals surface area (Å²) in [6.07, 6.45) is 0. The number of para-hydroxylation sites is 2. The maximum Gasteiger partial charge on any atom is 0.160 e. The molecule has 1 aliphatic rings. The summed E-state index contributed by atoms with van der Waals surface area (Å²) in [6.45, 7) is 4.69. The predicted octanol–water partition coefficient (Wildman–Crippen LogP) is 13.1. The Bertz CT molecular complexity index is 2800. The van der Waals surface area contributed by atoms with E-state index < -0.39 is 0 Å². The Hall–Kier alpha value is -6.78. The molecule has 258 valence electrons. The molecule has 1 aliphatic carbocycles. The summed E-state index contributed by atoms with van der Waals surface area (Å²) in [5.74, 6) is 0.701. The van der Waals surface area contributed by atoms with Gasteiger partial charge < -0.3 is 9.32 Å². The molecule has 7 aromatic carbocycles. The third-order valence-corrected chi connectivity index (χ3v) is 11.1. The van der Waals surface area contributed by atoms with Gasteiger partial charge in [0.1, 0.15) is 11.2 Å². The van der Waals surface area contributed by atoms with E-state index in [1.54, 1.807) is 0 Å². The second-order valence-corrected chi connectivity index (χ2v) is 14.7. The van der Waals surface area contributed by atoms with E-state index in [0.29, 0.717) is 5.82 Å². The third-order valence-electron chi connectivity index (χ3n) is 11.1. The Morgan fingerprint density at radius 2 is 1.13 bits per heavy atom. The van der Waals surface area contributed by atoms with Crippen molar-refractivity contribution in [2.45, 2.75) is 19.3 Å². The van der Waals surface area contributed by atoms with Crippen molar-refractivity contribution >= 4 is 33.3 Å². The third kappa shape index (κ3) is 5.14. The smallest absolute Gasteiger partial charge is 0.160 e. The molecule has 4 heteroatoms. The van der Waals surface area contributed by atoms with E-state index in [4.69, 9.17) is 14.4 Å². The minimum Gasteiger partial charge on any atom is -0.456 e. The van der Waals surface area contributed by atoms with Gasteiger partial charge in [-0.2, -0.15) is 0 Å². The highest BCUT2D eigenvalue weighted by atomic mass is 16.3. The van der Waals surface area contributed by atoms with Gasteiger partial charge in [0, 0.05) is 56.9 Å². The summed E-state index contributed by atoms with van der Waals surface area (Å²) in [4.78, 5) is 12.3. The van der Waals surface area contributed by atoms with Crippen molar-refractivity contribution < 1.29 is 4.42 Å². The minimum absolute atomic E-state index is 0.167. The van der Waals surface area contributed by atoms with Gasteiger partial charge in [0.05, 0.1) is 11.4 Å². The lowest BCUT2D eigenvalue weighted by Gasteiger charge is -2.24. The largest absolute Gasteiger partial charge is 0.456 e. The standard InChI is InChI=1S/C50H37N3O/c1-50(2)41-28-24-35(30-40(41)38-27-29-46-47(48(38)50)39-19-11-13-21-45(39)54-46)37-18-10-12-20-44(37)53(3)36-25-22-34(23-26-36)49-51-42(32-14-6-4-7-15-32)31-43(52-49)33-16-8-5-9-17-33/h4-31H,1-3H3. The van der Waals surface area contributed by atoms with Crippen LogP contribution in [0.2, 0.25) is 0 Å². The van der Waals surface area contributed by atoms with Crippen LogP contribution in [0.3, 0.4) is 0 Å². The molecular formula is C50H37N3O. The van der Waals surface area contributed by atoms with Crippen molar-refractivity contribution in [2.75, 3.05) is 11.9 Å². The van der Waals surface area contributed by atoms with Crippen molar-refractivity contribution in [1.29, 1.82) is 0 Å². The maximum absolute atomic E-state index is 6.31. The van der Waals surface area contributed by atoms with Crippen molar-refractivity contribution in [1.82, 2.24) is 9.97 Å². The summed E-state index contributed by atoms with van der Waals surface area (Å²) in [5, 5.41) is 2.40. The van der Waals surface area contributed by atoms with E-state index >= 15 is 0 Å². The molecule has 0 amide bonds. The highest BCUT2D eigenvalue weighted by Gasteiger charge is 2.38. The van der Waals surface area contributed by atoms with Crippen LogP contribution in [0.15, 0.2) is 174 Å². The van der Waals surface area contributed by atoms with Crippen molar-refractivity contribution in [3.63, 3.8) is 0 Å². The summed E-state index contributed by atoms with van der Waals surface area (Å²) in [5.41, 5.74) is 16.4. The molecule has 2 heterocycles. The highest BCUT2D eigenvalue weighted by molar-refractivity contribution is 6.11. The van der Waals surface area contributed by atoms with E-state index in [2.05, 4.69) is 153 Å². The molecule has 0 bridgehead atoms. The molecular weight excluding hydrogens is 659 g/mol. The molecule has 0 atom stereocenters. The van der Waals surface area contributed by atoms with Crippen LogP contribution in [-0.2, 0) is 5.41 Å². The topological polar surface area (TPSA) is 42.2 Å². The Kier molecular flexibility index (Phi) is 7.34. The maximum atomic E-state index is 6.31. The van der Waals surface area contributed by atoms with Gasteiger partial charge in [0.2, 0.25) is 0 Å². The fourth-order valence-corrected chi connectivity index (χ4v) is 8.38. The molecule has 0 N–H and O–H groups in total. The van der Waals surface area contributed by atoms with Crippen LogP contribution < -0.4 is 4.90 Å². The fraction of sp³-hybridized carbons (Fsp3) is 0.0800. The first-order chi connectivity index (χ1) is 26.4. The van der Waals surface area contributed by atoms with E-state index in [-0.39, 0.29) is 5.41 Å². The lowest BCUT2D eigenvalue weighted by atomic mass is 9.80. The van der Waals surface area contributed by atoms with E-state index in [0.717, 1.165) is 50.6 Å². The van der Waals surface area contributed by atoms with Gasteiger partial charge in [-0.3, -0.25) is 0 Å². The molecule has 10 rings (SSSR count). The summed E-state index contributed by atoms with van der Waals surface area (Å²) >= 11 is 0. The number of anilines is 2. The number of aromatic nitrogens is 2. The number of fused-ring (bicyclic) bond motifs is 7. The van der Waals surface area contributed by atoms with Crippen LogP contribution in [0, 0.1) is 0 Å². The molecule has 0 saturated heterocycles. The first-order valence-corrected chi connectivity index (χ1v) is 18.5. The number of furan rings is 1. The number of rotatable bonds is 6. The lowest BCUT2D eigenvalue weighted by molar-refractivity contribution is 0.657. The van der Waals surface area contributed by atoms with Crippen LogP contribution >= 0.6 is 0 Å². The van der Waals surface area contributed by atoms with Crippen molar-refractivity contribution in [3.05, 3.63) is 181 Å². The molecule has 4 nitrogen and oxygen atoms in total. The average molecular weight is 696 g/mol. The van der Waals surface area contributed by atoms with E-state index in [9.17, 15) is 0 Å². The summed E-state index contributed by atoms with van der Waals surface area (Å²) < 4.78 is 6.31. The Balaban J connectivity index is 1.01. The van der Waals surface area contributed by atoms with Crippen molar-refractivity contribution in [3.8, 4) is 56.2 Å². The molecule has 0 radical (unpaired) electrons. The van der Waals surface area contributed by atoms with Gasteiger partial charge >= 0.3 is 0 Å². The Labute approximate surface area is 315 Å². The zero-order chi connectivity index (χ0) is 36.4. The normalized spacial score (nSPS) is 12.9. The monoisotopic (exact) mass is 695 g/mol. The van der Waals surface area contributed by atoms with Gasteiger partial charge in [-0.1, -0.05) is 129 Å². The van der Waals surface area contributed by atoms with E-state index in [1.165, 1.54) is 44.2 Å². The number of hydrogen-bond acceptors (Lipinski definition) is 4. The fourth-order valence-electron chi connectivity index (χ4n) is 8.38. The first kappa shape index (κ1) is 31.9. The van der Waals surface area contributed by atoms with Crippen LogP contribution in [-0.4, -0.2) is 17.0 Å². The van der Waals surface area contributed by atoms with Gasteiger partial charge in [-0.15, -0.1) is 0 Å². The second-order valence-electron chi connectivity index (χ2n) is 14.7. The molecule has 2 aromatic heterocycles. The first-order valence-electron chi connectivity index (χ1n) is 18.5. The van der Waals surface area contributed by atoms with Crippen molar-refractivity contribution in [2.24, 2.45) is 0 Å². The molecule has 0 aliphatic heterocycles. The average Bonchev–Trinajstić information content (AvgIpc) is 3.72. The molecule has 9 aromatic rings. The molecule has 54 heavy (non-hydrogen) atoms. The van der Waals surface area contributed by atoms with Gasteiger partial charge in [-0.05, 0) is 82.4 Å². The molecule has 0 saturated carbocycles. The Morgan fingerprint density at radius 3 is 1.85 bits per heavy atom. The zero-order valence-corrected chi connectivity index (χ0v) is 30.4. The highest BCUT2D eigenvalue weighted by Crippen LogP contribution is 2.54.